The normalized spacial score (nSPS) is 14.3. The maximum atomic E-state index is 10.4. The van der Waals surface area contributed by atoms with Gasteiger partial charge in [0.1, 0.15) is 5.75 Å². The van der Waals surface area contributed by atoms with Crippen LogP contribution in [0.3, 0.4) is 0 Å². The summed E-state index contributed by atoms with van der Waals surface area (Å²) in [5.74, 6) is -0.222. The molecule has 0 saturated heterocycles. The predicted molar refractivity (Wildman–Crippen MR) is 61.0 cm³/mol. The Morgan fingerprint density at radius 3 is 2.88 bits per heavy atom. The van der Waals surface area contributed by atoms with Crippen molar-refractivity contribution in [2.24, 2.45) is 0 Å². The Bertz CT molecular complexity index is 410. The van der Waals surface area contributed by atoms with Crippen LogP contribution in [0.4, 0.5) is 0 Å². The van der Waals surface area contributed by atoms with Gasteiger partial charge in [-0.2, -0.15) is 0 Å². The van der Waals surface area contributed by atoms with Gasteiger partial charge in [0, 0.05) is 0 Å². The fraction of sp³-hybridized carbons (Fsp3) is 0.462. The molecule has 16 heavy (non-hydrogen) atoms. The smallest absolute Gasteiger partial charge is 0.341 e. The third-order valence-corrected chi connectivity index (χ3v) is 3.12. The van der Waals surface area contributed by atoms with Gasteiger partial charge in [0.25, 0.3) is 0 Å². The van der Waals surface area contributed by atoms with Gasteiger partial charge in [-0.05, 0) is 55.4 Å². The molecular weight excluding hydrogens is 204 g/mol. The number of carboxylic acid groups (broad SMARTS) is 1. The number of benzene rings is 1. The number of fused-ring (bicyclic) bond motifs is 1. The van der Waals surface area contributed by atoms with E-state index in [1.165, 1.54) is 24.0 Å². The molecule has 1 aliphatic carbocycles. The number of ether oxygens (including phenoxy) is 1. The Labute approximate surface area is 95.0 Å². The molecule has 1 aliphatic rings. The Morgan fingerprint density at radius 1 is 1.38 bits per heavy atom. The van der Waals surface area contributed by atoms with Gasteiger partial charge >= 0.3 is 5.97 Å². The highest BCUT2D eigenvalue weighted by molar-refractivity contribution is 5.68. The van der Waals surface area contributed by atoms with Crippen molar-refractivity contribution in [3.8, 4) is 5.75 Å². The van der Waals surface area contributed by atoms with Crippen LogP contribution in [0.1, 0.15) is 29.5 Å². The van der Waals surface area contributed by atoms with E-state index in [1.54, 1.807) is 0 Å². The minimum atomic E-state index is -0.933. The first-order valence-electron chi connectivity index (χ1n) is 5.64. The molecule has 0 aromatic heterocycles. The zero-order chi connectivity index (χ0) is 11.5. The van der Waals surface area contributed by atoms with E-state index in [0.717, 1.165) is 18.4 Å². The van der Waals surface area contributed by atoms with Crippen molar-refractivity contribution >= 4 is 5.97 Å². The van der Waals surface area contributed by atoms with Crippen LogP contribution < -0.4 is 4.74 Å². The molecule has 0 saturated carbocycles. The molecule has 1 N–H and O–H groups in total. The van der Waals surface area contributed by atoms with Gasteiger partial charge in [0.15, 0.2) is 6.61 Å². The second-order valence-corrected chi connectivity index (χ2v) is 4.22. The summed E-state index contributed by atoms with van der Waals surface area (Å²) < 4.78 is 5.26. The van der Waals surface area contributed by atoms with E-state index in [9.17, 15) is 4.79 Å². The van der Waals surface area contributed by atoms with Crippen LogP contribution in [0.2, 0.25) is 0 Å². The number of carboxylic acids is 1. The maximum absolute atomic E-state index is 10.4. The highest BCUT2D eigenvalue weighted by atomic mass is 16.5. The van der Waals surface area contributed by atoms with Crippen molar-refractivity contribution in [1.82, 2.24) is 0 Å². The van der Waals surface area contributed by atoms with Gasteiger partial charge < -0.3 is 9.84 Å². The summed E-state index contributed by atoms with van der Waals surface area (Å²) in [6.07, 6.45) is 4.69. The summed E-state index contributed by atoms with van der Waals surface area (Å²) in [6.45, 7) is 1.75. The van der Waals surface area contributed by atoms with Crippen LogP contribution in [-0.4, -0.2) is 17.7 Å². The van der Waals surface area contributed by atoms with E-state index in [4.69, 9.17) is 9.84 Å². The molecule has 0 heterocycles. The lowest BCUT2D eigenvalue weighted by molar-refractivity contribution is -0.139. The van der Waals surface area contributed by atoms with Crippen molar-refractivity contribution in [2.45, 2.75) is 32.6 Å². The third-order valence-electron chi connectivity index (χ3n) is 3.12. The fourth-order valence-corrected chi connectivity index (χ4v) is 2.29. The monoisotopic (exact) mass is 220 g/mol. The van der Waals surface area contributed by atoms with E-state index >= 15 is 0 Å². The van der Waals surface area contributed by atoms with Crippen molar-refractivity contribution in [1.29, 1.82) is 0 Å². The van der Waals surface area contributed by atoms with Gasteiger partial charge in [-0.3, -0.25) is 0 Å². The molecule has 0 fully saturated rings. The predicted octanol–water partition coefficient (Wildman–Crippen LogP) is 2.34. The zero-order valence-corrected chi connectivity index (χ0v) is 9.45. The molecule has 0 aliphatic heterocycles. The average molecular weight is 220 g/mol. The molecule has 1 aromatic rings. The van der Waals surface area contributed by atoms with E-state index < -0.39 is 5.97 Å². The Morgan fingerprint density at radius 2 is 2.12 bits per heavy atom. The van der Waals surface area contributed by atoms with E-state index in [-0.39, 0.29) is 6.61 Å². The zero-order valence-electron chi connectivity index (χ0n) is 9.45. The number of rotatable bonds is 3. The molecule has 0 bridgehead atoms. The van der Waals surface area contributed by atoms with E-state index in [0.29, 0.717) is 5.75 Å². The first-order valence-corrected chi connectivity index (χ1v) is 5.64. The summed E-state index contributed by atoms with van der Waals surface area (Å²) in [5, 5.41) is 8.58. The molecule has 0 atom stereocenters. The Kier molecular flexibility index (Phi) is 3.13. The summed E-state index contributed by atoms with van der Waals surface area (Å²) in [6, 6.07) is 3.96. The van der Waals surface area contributed by atoms with Crippen molar-refractivity contribution < 1.29 is 14.6 Å². The molecule has 0 radical (unpaired) electrons. The fourth-order valence-electron chi connectivity index (χ4n) is 2.29. The molecule has 1 aromatic carbocycles. The highest BCUT2D eigenvalue weighted by Gasteiger charge is 2.14. The minimum absolute atomic E-state index is 0.264. The highest BCUT2D eigenvalue weighted by Crippen LogP contribution is 2.30. The lowest BCUT2D eigenvalue weighted by atomic mass is 9.88. The number of hydrogen-bond acceptors (Lipinski definition) is 2. The molecule has 3 nitrogen and oxygen atoms in total. The van der Waals surface area contributed by atoms with Crippen molar-refractivity contribution in [3.63, 3.8) is 0 Å². The van der Waals surface area contributed by atoms with E-state index in [2.05, 4.69) is 6.07 Å². The lowest BCUT2D eigenvalue weighted by Crippen LogP contribution is -2.12. The Balaban J connectivity index is 2.23. The number of aryl methyl sites for hydroxylation is 1. The largest absolute Gasteiger partial charge is 0.482 e. The number of carbonyl (C=O) groups is 1. The van der Waals surface area contributed by atoms with E-state index in [1.807, 2.05) is 13.0 Å². The van der Waals surface area contributed by atoms with Gasteiger partial charge in [-0.15, -0.1) is 0 Å². The second kappa shape index (κ2) is 4.56. The quantitative estimate of drug-likeness (QED) is 0.850. The standard InChI is InChI=1S/C13H16O3/c1-9-11-5-3-2-4-10(11)6-7-12(9)16-8-13(14)15/h6-7H,2-5,8H2,1H3,(H,14,15). The van der Waals surface area contributed by atoms with Crippen molar-refractivity contribution in [3.05, 3.63) is 28.8 Å². The van der Waals surface area contributed by atoms with Crippen LogP contribution in [0.25, 0.3) is 0 Å². The van der Waals surface area contributed by atoms with Gasteiger partial charge in [0.05, 0.1) is 0 Å². The number of hydrogen-bond donors (Lipinski definition) is 1. The second-order valence-electron chi connectivity index (χ2n) is 4.22. The van der Waals surface area contributed by atoms with Gasteiger partial charge in [-0.1, -0.05) is 6.07 Å². The van der Waals surface area contributed by atoms with Crippen LogP contribution in [0, 0.1) is 6.92 Å². The molecule has 0 amide bonds. The average Bonchev–Trinajstić information content (AvgIpc) is 2.28. The maximum Gasteiger partial charge on any atom is 0.341 e. The number of aliphatic carboxylic acids is 1. The van der Waals surface area contributed by atoms with Crippen LogP contribution in [-0.2, 0) is 17.6 Å². The summed E-state index contributed by atoms with van der Waals surface area (Å²) in [7, 11) is 0. The summed E-state index contributed by atoms with van der Waals surface area (Å²) >= 11 is 0. The third kappa shape index (κ3) is 2.18. The molecule has 3 heteroatoms. The summed E-state index contributed by atoms with van der Waals surface area (Å²) in [4.78, 5) is 10.4. The molecule has 86 valence electrons. The minimum Gasteiger partial charge on any atom is -0.482 e. The van der Waals surface area contributed by atoms with Gasteiger partial charge in [-0.25, -0.2) is 4.79 Å². The lowest BCUT2D eigenvalue weighted by Gasteiger charge is -2.20. The first-order chi connectivity index (χ1) is 7.68. The Hall–Kier alpha value is -1.51. The molecule has 0 spiro atoms. The van der Waals surface area contributed by atoms with Crippen LogP contribution in [0.5, 0.6) is 5.75 Å². The van der Waals surface area contributed by atoms with Crippen LogP contribution >= 0.6 is 0 Å². The molecular formula is C13H16O3. The van der Waals surface area contributed by atoms with Gasteiger partial charge in [0.2, 0.25) is 0 Å². The summed E-state index contributed by atoms with van der Waals surface area (Å²) in [5.41, 5.74) is 3.86. The topological polar surface area (TPSA) is 46.5 Å². The first kappa shape index (κ1) is 11.0. The molecule has 2 rings (SSSR count). The SMILES string of the molecule is Cc1c(OCC(=O)O)ccc2c1CCCC2. The van der Waals surface area contributed by atoms with Crippen LogP contribution in [0.15, 0.2) is 12.1 Å². The van der Waals surface area contributed by atoms with Crippen molar-refractivity contribution in [2.75, 3.05) is 6.61 Å². The molecule has 0 unspecified atom stereocenters.